The van der Waals surface area contributed by atoms with Crippen LogP contribution in [0.5, 0.6) is 5.75 Å². The van der Waals surface area contributed by atoms with Crippen LogP contribution >= 0.6 is 0 Å². The number of nitrogens with zero attached hydrogens (tertiary/aromatic N) is 2. The lowest BCUT2D eigenvalue weighted by molar-refractivity contribution is -0.193. The van der Waals surface area contributed by atoms with Gasteiger partial charge in [0.05, 0.1) is 17.6 Å². The number of aromatic amines is 1. The third kappa shape index (κ3) is 6.19. The number of rotatable bonds is 10. The van der Waals surface area contributed by atoms with Crippen LogP contribution in [0.25, 0.3) is 16.5 Å². The number of ether oxygens (including phenoxy) is 3. The van der Waals surface area contributed by atoms with Gasteiger partial charge in [-0.1, -0.05) is 12.2 Å². The van der Waals surface area contributed by atoms with E-state index in [0.29, 0.717) is 72.9 Å². The summed E-state index contributed by atoms with van der Waals surface area (Å²) in [6.07, 6.45) is 12.8. The predicted molar refractivity (Wildman–Crippen MR) is 183 cm³/mol. The number of pyridine rings is 1. The van der Waals surface area contributed by atoms with Crippen LogP contribution in [0.1, 0.15) is 70.8 Å². The Kier molecular flexibility index (Phi) is 8.95. The van der Waals surface area contributed by atoms with E-state index in [9.17, 15) is 21.6 Å². The molecule has 48 heavy (non-hydrogen) atoms. The van der Waals surface area contributed by atoms with Crippen molar-refractivity contribution in [2.24, 2.45) is 5.92 Å². The minimum atomic E-state index is -4.07. The summed E-state index contributed by atoms with van der Waals surface area (Å²) in [6.45, 7) is 5.36. The van der Waals surface area contributed by atoms with Gasteiger partial charge in [-0.05, 0) is 113 Å². The van der Waals surface area contributed by atoms with Crippen LogP contribution in [-0.4, -0.2) is 73.5 Å². The Bertz CT molecular complexity index is 2030. The Morgan fingerprint density at radius 3 is 2.52 bits per heavy atom. The normalized spacial score (nSPS) is 24.8. The Morgan fingerprint density at radius 1 is 1.02 bits per heavy atom. The second-order valence-electron chi connectivity index (χ2n) is 13.6. The van der Waals surface area contributed by atoms with E-state index in [0.717, 1.165) is 36.1 Å². The molecule has 2 aliphatic carbocycles. The molecule has 4 aliphatic rings. The molecule has 0 amide bonds. The number of hydrogen-bond donors (Lipinski definition) is 1. The monoisotopic (exact) mass is 697 g/mol. The highest BCUT2D eigenvalue weighted by Gasteiger charge is 2.44. The van der Waals surface area contributed by atoms with E-state index in [2.05, 4.69) is 4.98 Å². The lowest BCUT2D eigenvalue weighted by atomic mass is 9.87. The van der Waals surface area contributed by atoms with Crippen molar-refractivity contribution in [3.05, 3.63) is 76.4 Å². The summed E-state index contributed by atoms with van der Waals surface area (Å²) in [6, 6.07) is 8.25. The van der Waals surface area contributed by atoms with E-state index in [1.54, 1.807) is 50.3 Å². The van der Waals surface area contributed by atoms with Gasteiger partial charge in [-0.15, -0.1) is 0 Å². The molecule has 0 radical (unpaired) electrons. The summed E-state index contributed by atoms with van der Waals surface area (Å²) in [5, 5.41) is 0.532. The van der Waals surface area contributed by atoms with E-state index in [4.69, 9.17) is 14.2 Å². The molecule has 1 aromatic carbocycles. The summed E-state index contributed by atoms with van der Waals surface area (Å²) in [7, 11) is -7.89. The molecule has 2 saturated heterocycles. The van der Waals surface area contributed by atoms with Gasteiger partial charge >= 0.3 is 0 Å². The van der Waals surface area contributed by atoms with Crippen molar-refractivity contribution >= 4 is 36.5 Å². The fourth-order valence-electron chi connectivity index (χ4n) is 6.80. The maximum atomic E-state index is 14.2. The van der Waals surface area contributed by atoms with Crippen molar-refractivity contribution in [3.63, 3.8) is 0 Å². The Labute approximate surface area is 281 Å². The molecule has 1 N–H and O–H groups in total. The highest BCUT2D eigenvalue weighted by Crippen LogP contribution is 2.42. The lowest BCUT2D eigenvalue weighted by Gasteiger charge is -2.34. The first-order chi connectivity index (χ1) is 23.0. The largest absolute Gasteiger partial charge is 0.493 e. The van der Waals surface area contributed by atoms with E-state index in [1.165, 1.54) is 16.7 Å². The predicted octanol–water partition coefficient (Wildman–Crippen LogP) is 5.18. The van der Waals surface area contributed by atoms with Crippen molar-refractivity contribution in [2.45, 2.75) is 87.3 Å². The number of allylic oxidation sites excluding steroid dienone is 3. The van der Waals surface area contributed by atoms with Gasteiger partial charge in [-0.25, -0.2) is 20.8 Å². The van der Waals surface area contributed by atoms with Gasteiger partial charge in [0.25, 0.3) is 5.56 Å². The number of sulfonamides is 1. The zero-order valence-electron chi connectivity index (χ0n) is 27.4. The second kappa shape index (κ2) is 12.9. The summed E-state index contributed by atoms with van der Waals surface area (Å²) in [4.78, 5) is 15.4. The van der Waals surface area contributed by atoms with Gasteiger partial charge in [0.2, 0.25) is 20.0 Å². The average molecular weight is 698 g/mol. The molecule has 1 saturated carbocycles. The number of benzene rings is 1. The van der Waals surface area contributed by atoms with Crippen LogP contribution in [0.2, 0.25) is 0 Å². The van der Waals surface area contributed by atoms with Gasteiger partial charge in [0.15, 0.2) is 6.29 Å². The third-order valence-electron chi connectivity index (χ3n) is 10.3. The Hall–Kier alpha value is -3.23. The van der Waals surface area contributed by atoms with Gasteiger partial charge < -0.3 is 19.2 Å². The quantitative estimate of drug-likeness (QED) is 0.306. The van der Waals surface area contributed by atoms with Gasteiger partial charge in [-0.3, -0.25) is 4.79 Å². The average Bonchev–Trinajstić information content (AvgIpc) is 3.80. The summed E-state index contributed by atoms with van der Waals surface area (Å²) < 4.78 is 75.5. The molecule has 11 nitrogen and oxygen atoms in total. The first-order valence-electron chi connectivity index (χ1n) is 16.8. The fourth-order valence-corrected chi connectivity index (χ4v) is 10.1. The molecule has 0 bridgehead atoms. The third-order valence-corrected chi connectivity index (χ3v) is 14.6. The van der Waals surface area contributed by atoms with Crippen LogP contribution in [0.4, 0.5) is 0 Å². The molecule has 3 aromatic rings. The van der Waals surface area contributed by atoms with Crippen molar-refractivity contribution in [1.82, 2.24) is 13.3 Å². The lowest BCUT2D eigenvalue weighted by Crippen LogP contribution is -2.42. The van der Waals surface area contributed by atoms with Crippen LogP contribution in [0, 0.1) is 5.92 Å². The Morgan fingerprint density at radius 2 is 1.81 bits per heavy atom. The number of fused-ring (bicyclic) bond motifs is 1. The van der Waals surface area contributed by atoms with Gasteiger partial charge in [-0.2, -0.15) is 4.31 Å². The first kappa shape index (κ1) is 33.3. The molecule has 13 heteroatoms. The van der Waals surface area contributed by atoms with Gasteiger partial charge in [0.1, 0.15) is 16.0 Å². The topological polar surface area (TPSA) is 137 Å². The van der Waals surface area contributed by atoms with Crippen molar-refractivity contribution in [1.29, 1.82) is 0 Å². The van der Waals surface area contributed by atoms with Crippen molar-refractivity contribution < 1.29 is 31.0 Å². The number of piperidine rings is 1. The fraction of sp³-hybridized carbons (Fsp3) is 0.514. The molecule has 3 fully saturated rings. The molecule has 258 valence electrons. The maximum absolute atomic E-state index is 14.2. The standard InChI is InChI=1S/C35H43N3O8S2/c1-24-21-27(10-15-35(24,2)48(42,43)38-19-12-26-11-16-36-34(39)33(26)38)30-22-29(8-9-31(30)45-23-25-6-7-25)47(40,41)37-17-13-28(14-18-37)46-32-5-3-4-20-44-32/h8-12,16,19,21-22,25,28,32H,3-7,13-15,17-18,20,23H2,1-2H3,(H,36,39). The van der Waals surface area contributed by atoms with E-state index in [1.807, 2.05) is 6.08 Å². The molecule has 7 rings (SSSR count). The van der Waals surface area contributed by atoms with Crippen molar-refractivity contribution in [3.8, 4) is 5.75 Å². The highest BCUT2D eigenvalue weighted by molar-refractivity contribution is 7.91. The molecular formula is C35H43N3O8S2. The summed E-state index contributed by atoms with van der Waals surface area (Å²) in [5.41, 5.74) is 1.46. The van der Waals surface area contributed by atoms with Crippen LogP contribution in [0.15, 0.2) is 70.1 Å². The number of nitrogens with one attached hydrogen (secondary N) is 1. The minimum Gasteiger partial charge on any atom is -0.493 e. The van der Waals surface area contributed by atoms with E-state index in [-0.39, 0.29) is 29.2 Å². The molecule has 2 aliphatic heterocycles. The minimum absolute atomic E-state index is 0.0395. The van der Waals surface area contributed by atoms with Crippen LogP contribution in [0.3, 0.4) is 0 Å². The number of aromatic nitrogens is 2. The molecule has 0 spiro atoms. The molecule has 4 heterocycles. The molecule has 2 aromatic heterocycles. The van der Waals surface area contributed by atoms with Crippen LogP contribution < -0.4 is 10.3 Å². The van der Waals surface area contributed by atoms with E-state index < -0.39 is 30.4 Å². The smallest absolute Gasteiger partial charge is 0.273 e. The zero-order valence-corrected chi connectivity index (χ0v) is 29.0. The maximum Gasteiger partial charge on any atom is 0.273 e. The number of H-pyrrole nitrogens is 1. The van der Waals surface area contributed by atoms with Crippen LogP contribution in [-0.2, 0) is 29.5 Å². The number of hydrogen-bond acceptors (Lipinski definition) is 8. The second-order valence-corrected chi connectivity index (χ2v) is 17.8. The summed E-state index contributed by atoms with van der Waals surface area (Å²) in [5.74, 6) is 1.04. The van der Waals surface area contributed by atoms with Crippen molar-refractivity contribution in [2.75, 3.05) is 26.3 Å². The summed E-state index contributed by atoms with van der Waals surface area (Å²) >= 11 is 0. The molecule has 2 atom stereocenters. The van der Waals surface area contributed by atoms with Gasteiger partial charge in [0, 0.05) is 43.0 Å². The molecular weight excluding hydrogens is 655 g/mol. The van der Waals surface area contributed by atoms with E-state index >= 15 is 0 Å². The highest BCUT2D eigenvalue weighted by atomic mass is 32.2. The SMILES string of the molecule is CC1=CC(c2cc(S(=O)(=O)N3CCC(OC4CCCCO4)CC3)ccc2OCC2CC2)=CCC1(C)S(=O)(=O)n1ccc2cc[nH]c(=O)c21. The first-order valence-corrected chi connectivity index (χ1v) is 19.7. The molecule has 2 unspecified atom stereocenters. The zero-order chi connectivity index (χ0) is 33.7. The Balaban J connectivity index is 1.15.